The van der Waals surface area contributed by atoms with Crippen LogP contribution in [-0.2, 0) is 4.74 Å². The molecule has 1 aromatic rings. The number of nitrogens with zero attached hydrogens (tertiary/aromatic N) is 2. The molecule has 0 radical (unpaired) electrons. The van der Waals surface area contributed by atoms with Gasteiger partial charge < -0.3 is 9.84 Å². The molecule has 1 rings (SSSR count). The Morgan fingerprint density at radius 1 is 1.69 bits per heavy atom. The summed E-state index contributed by atoms with van der Waals surface area (Å²) in [6, 6.07) is 2.19. The summed E-state index contributed by atoms with van der Waals surface area (Å²) < 4.78 is 28.9. The number of rotatable bonds is 2. The lowest BCUT2D eigenvalue weighted by molar-refractivity contribution is 0.0588. The van der Waals surface area contributed by atoms with Crippen LogP contribution in [0, 0.1) is 11.3 Å². The standard InChI is InChI=1S/C9H6F2N2O3/c1-16-9(15)6-7(14)4(3-12)2-5(13-6)8(10)11/h2,8,14H,1H3. The molecule has 0 aliphatic rings. The molecule has 0 aromatic carbocycles. The van der Waals surface area contributed by atoms with Crippen LogP contribution in [0.25, 0.3) is 0 Å². The second kappa shape index (κ2) is 4.53. The monoisotopic (exact) mass is 228 g/mol. The van der Waals surface area contributed by atoms with Gasteiger partial charge in [0.1, 0.15) is 11.8 Å². The van der Waals surface area contributed by atoms with Gasteiger partial charge >= 0.3 is 5.97 Å². The van der Waals surface area contributed by atoms with Gasteiger partial charge in [-0.15, -0.1) is 0 Å². The first kappa shape index (κ1) is 11.8. The molecule has 16 heavy (non-hydrogen) atoms. The molecule has 7 heteroatoms. The van der Waals surface area contributed by atoms with Crippen molar-refractivity contribution in [2.24, 2.45) is 0 Å². The molecule has 0 atom stereocenters. The number of aromatic nitrogens is 1. The first-order valence-electron chi connectivity index (χ1n) is 4.01. The van der Waals surface area contributed by atoms with Gasteiger partial charge in [0.25, 0.3) is 6.43 Å². The summed E-state index contributed by atoms with van der Waals surface area (Å²) in [6.07, 6.45) is -2.95. The van der Waals surface area contributed by atoms with Gasteiger partial charge in [-0.3, -0.25) is 0 Å². The number of nitriles is 1. The summed E-state index contributed by atoms with van der Waals surface area (Å²) in [4.78, 5) is 14.3. The third-order valence-corrected chi connectivity index (χ3v) is 1.74. The molecule has 0 aliphatic heterocycles. The van der Waals surface area contributed by atoms with E-state index < -0.39 is 35.1 Å². The fourth-order valence-corrected chi connectivity index (χ4v) is 0.994. The molecule has 1 N–H and O–H groups in total. The molecule has 0 unspecified atom stereocenters. The molecule has 1 aromatic heterocycles. The maximum absolute atomic E-state index is 12.4. The average Bonchev–Trinajstić information content (AvgIpc) is 2.28. The Morgan fingerprint density at radius 3 is 2.75 bits per heavy atom. The van der Waals surface area contributed by atoms with E-state index in [-0.39, 0.29) is 0 Å². The van der Waals surface area contributed by atoms with Crippen LogP contribution < -0.4 is 0 Å². The fraction of sp³-hybridized carbons (Fsp3) is 0.222. The number of carbonyl (C=O) groups excluding carboxylic acids is 1. The third-order valence-electron chi connectivity index (χ3n) is 1.74. The van der Waals surface area contributed by atoms with Crippen molar-refractivity contribution in [2.75, 3.05) is 7.11 Å². The lowest BCUT2D eigenvalue weighted by atomic mass is 10.2. The minimum absolute atomic E-state index is 0.453. The van der Waals surface area contributed by atoms with E-state index in [1.807, 2.05) is 0 Å². The molecule has 0 aliphatic carbocycles. The van der Waals surface area contributed by atoms with Crippen molar-refractivity contribution >= 4 is 5.97 Å². The maximum Gasteiger partial charge on any atom is 0.360 e. The van der Waals surface area contributed by atoms with Gasteiger partial charge in [-0.2, -0.15) is 5.26 Å². The zero-order valence-electron chi connectivity index (χ0n) is 8.07. The van der Waals surface area contributed by atoms with E-state index in [9.17, 15) is 18.7 Å². The Balaban J connectivity index is 3.43. The predicted octanol–water partition coefficient (Wildman–Crippen LogP) is 1.38. The van der Waals surface area contributed by atoms with E-state index in [4.69, 9.17) is 5.26 Å². The van der Waals surface area contributed by atoms with Crippen molar-refractivity contribution in [2.45, 2.75) is 6.43 Å². The lowest BCUT2D eigenvalue weighted by Crippen LogP contribution is -2.08. The summed E-state index contributed by atoms with van der Waals surface area (Å²) in [7, 11) is 1.00. The van der Waals surface area contributed by atoms with Gasteiger partial charge in [0, 0.05) is 0 Å². The number of ether oxygens (including phenoxy) is 1. The van der Waals surface area contributed by atoms with E-state index in [0.717, 1.165) is 7.11 Å². The summed E-state index contributed by atoms with van der Waals surface area (Å²) in [6.45, 7) is 0. The number of hydrogen-bond donors (Lipinski definition) is 1. The van der Waals surface area contributed by atoms with E-state index in [2.05, 4.69) is 9.72 Å². The van der Waals surface area contributed by atoms with E-state index in [0.29, 0.717) is 6.07 Å². The molecule has 84 valence electrons. The van der Waals surface area contributed by atoms with Gasteiger partial charge in [-0.1, -0.05) is 0 Å². The van der Waals surface area contributed by atoms with Gasteiger partial charge in [0.05, 0.1) is 12.7 Å². The summed E-state index contributed by atoms with van der Waals surface area (Å²) in [5.74, 6) is -1.85. The van der Waals surface area contributed by atoms with E-state index in [1.54, 1.807) is 0 Å². The molecule has 0 saturated carbocycles. The lowest BCUT2D eigenvalue weighted by Gasteiger charge is -2.06. The zero-order valence-corrected chi connectivity index (χ0v) is 8.07. The Kier molecular flexibility index (Phi) is 3.35. The number of hydrogen-bond acceptors (Lipinski definition) is 5. The topological polar surface area (TPSA) is 83.2 Å². The fourth-order valence-electron chi connectivity index (χ4n) is 0.994. The van der Waals surface area contributed by atoms with Crippen LogP contribution in [0.2, 0.25) is 0 Å². The molecule has 0 fully saturated rings. The molecule has 1 heterocycles. The number of carbonyl (C=O) groups is 1. The Labute approximate surface area is 88.9 Å². The Morgan fingerprint density at radius 2 is 2.31 bits per heavy atom. The van der Waals surface area contributed by atoms with Crippen LogP contribution in [0.5, 0.6) is 5.75 Å². The molecule has 0 saturated heterocycles. The van der Waals surface area contributed by atoms with Crippen LogP contribution in [0.1, 0.15) is 28.2 Å². The number of pyridine rings is 1. The first-order chi connectivity index (χ1) is 7.51. The van der Waals surface area contributed by atoms with Crippen LogP contribution in [0.4, 0.5) is 8.78 Å². The second-order valence-corrected chi connectivity index (χ2v) is 2.70. The molecular formula is C9H6F2N2O3. The van der Waals surface area contributed by atoms with E-state index in [1.165, 1.54) is 6.07 Å². The van der Waals surface area contributed by atoms with Crippen LogP contribution in [0.3, 0.4) is 0 Å². The highest BCUT2D eigenvalue weighted by Crippen LogP contribution is 2.26. The van der Waals surface area contributed by atoms with Crippen molar-refractivity contribution in [1.29, 1.82) is 5.26 Å². The van der Waals surface area contributed by atoms with Crippen molar-refractivity contribution in [3.05, 3.63) is 23.0 Å². The minimum atomic E-state index is -2.95. The number of methoxy groups -OCH3 is 1. The van der Waals surface area contributed by atoms with Crippen LogP contribution >= 0.6 is 0 Å². The molecule has 5 nitrogen and oxygen atoms in total. The minimum Gasteiger partial charge on any atom is -0.504 e. The summed E-state index contributed by atoms with van der Waals surface area (Å²) >= 11 is 0. The molecule has 0 amide bonds. The quantitative estimate of drug-likeness (QED) is 0.773. The van der Waals surface area contributed by atoms with Crippen molar-refractivity contribution < 1.29 is 23.4 Å². The second-order valence-electron chi connectivity index (χ2n) is 2.70. The zero-order chi connectivity index (χ0) is 12.3. The van der Waals surface area contributed by atoms with Gasteiger partial charge in [-0.05, 0) is 6.07 Å². The number of halogens is 2. The number of esters is 1. The molecule has 0 spiro atoms. The smallest absolute Gasteiger partial charge is 0.360 e. The van der Waals surface area contributed by atoms with Gasteiger partial charge in [-0.25, -0.2) is 18.6 Å². The highest BCUT2D eigenvalue weighted by Gasteiger charge is 2.22. The predicted molar refractivity (Wildman–Crippen MR) is 46.9 cm³/mol. The first-order valence-corrected chi connectivity index (χ1v) is 4.01. The number of alkyl halides is 2. The normalized spacial score (nSPS) is 9.94. The average molecular weight is 228 g/mol. The SMILES string of the molecule is COC(=O)c1nc(C(F)F)cc(C#N)c1O. The van der Waals surface area contributed by atoms with Crippen LogP contribution in [-0.4, -0.2) is 23.2 Å². The maximum atomic E-state index is 12.4. The van der Waals surface area contributed by atoms with Crippen molar-refractivity contribution in [1.82, 2.24) is 4.98 Å². The Bertz CT molecular complexity index is 469. The Hall–Kier alpha value is -2.23. The molecule has 0 bridgehead atoms. The van der Waals surface area contributed by atoms with Crippen LogP contribution in [0.15, 0.2) is 6.07 Å². The summed E-state index contributed by atoms with van der Waals surface area (Å²) in [5.41, 5.74) is -1.92. The van der Waals surface area contributed by atoms with Gasteiger partial charge in [0.15, 0.2) is 11.4 Å². The van der Waals surface area contributed by atoms with Crippen molar-refractivity contribution in [3.63, 3.8) is 0 Å². The summed E-state index contributed by atoms with van der Waals surface area (Å²) in [5, 5.41) is 17.9. The van der Waals surface area contributed by atoms with E-state index >= 15 is 0 Å². The van der Waals surface area contributed by atoms with Gasteiger partial charge in [0.2, 0.25) is 0 Å². The largest absolute Gasteiger partial charge is 0.504 e. The molecular weight excluding hydrogens is 222 g/mol. The highest BCUT2D eigenvalue weighted by molar-refractivity contribution is 5.91. The number of aromatic hydroxyl groups is 1. The highest BCUT2D eigenvalue weighted by atomic mass is 19.3. The third kappa shape index (κ3) is 2.06. The van der Waals surface area contributed by atoms with Crippen molar-refractivity contribution in [3.8, 4) is 11.8 Å².